The van der Waals surface area contributed by atoms with E-state index >= 15 is 0 Å². The minimum absolute atomic E-state index is 0.0754. The monoisotopic (exact) mass is 603 g/mol. The normalized spacial score (nSPS) is 17.0. The zero-order valence-corrected chi connectivity index (χ0v) is 26.0. The molecule has 9 heteroatoms. The van der Waals surface area contributed by atoms with Gasteiger partial charge in [0.25, 0.3) is 5.91 Å². The third-order valence-electron chi connectivity index (χ3n) is 7.68. The molecule has 0 radical (unpaired) electrons. The fourth-order valence-corrected chi connectivity index (χ4v) is 5.31. The number of carbonyl (C=O) groups excluding carboxylic acids is 2. The van der Waals surface area contributed by atoms with E-state index in [1.807, 2.05) is 60.7 Å². The summed E-state index contributed by atoms with van der Waals surface area (Å²) in [6, 6.07) is 23.7. The molecule has 0 saturated carbocycles. The molecule has 3 atom stereocenters. The van der Waals surface area contributed by atoms with Crippen LogP contribution in [-0.2, 0) is 32.1 Å². The lowest BCUT2D eigenvalue weighted by molar-refractivity contribution is -0.131. The number of methoxy groups -OCH3 is 1. The average Bonchev–Trinajstić information content (AvgIpc) is 3.04. The molecule has 2 unspecified atom stereocenters. The number of amides is 2. The number of hydrogen-bond acceptors (Lipinski definition) is 7. The second-order valence-corrected chi connectivity index (χ2v) is 10.9. The largest absolute Gasteiger partial charge is 0.496 e. The first-order valence-electron chi connectivity index (χ1n) is 15.4. The number of benzene rings is 3. The van der Waals surface area contributed by atoms with Crippen LogP contribution >= 0.6 is 0 Å². The van der Waals surface area contributed by atoms with Crippen LogP contribution in [0.15, 0.2) is 72.8 Å². The van der Waals surface area contributed by atoms with Gasteiger partial charge >= 0.3 is 0 Å². The predicted molar refractivity (Wildman–Crippen MR) is 171 cm³/mol. The molecule has 3 N–H and O–H groups in total. The number of piperidine rings is 1. The Morgan fingerprint density at radius 2 is 1.73 bits per heavy atom. The quantitative estimate of drug-likeness (QED) is 0.201. The molecule has 2 amide bonds. The van der Waals surface area contributed by atoms with E-state index in [-0.39, 0.29) is 23.8 Å². The van der Waals surface area contributed by atoms with Gasteiger partial charge in [0.05, 0.1) is 33.0 Å². The van der Waals surface area contributed by atoms with Gasteiger partial charge in [-0.3, -0.25) is 9.59 Å². The Bertz CT molecular complexity index is 1330. The van der Waals surface area contributed by atoms with Crippen molar-refractivity contribution in [2.75, 3.05) is 45.3 Å². The summed E-state index contributed by atoms with van der Waals surface area (Å²) in [5.41, 5.74) is 3.89. The van der Waals surface area contributed by atoms with E-state index in [9.17, 15) is 9.59 Å². The number of hydrogen-bond donors (Lipinski definition) is 3. The minimum Gasteiger partial charge on any atom is -0.496 e. The van der Waals surface area contributed by atoms with Crippen LogP contribution in [0.1, 0.15) is 49.3 Å². The van der Waals surface area contributed by atoms with Crippen LogP contribution in [0.25, 0.3) is 0 Å². The van der Waals surface area contributed by atoms with E-state index in [1.54, 1.807) is 14.0 Å². The number of para-hydroxylation sites is 2. The van der Waals surface area contributed by atoms with E-state index in [0.29, 0.717) is 39.3 Å². The van der Waals surface area contributed by atoms with Crippen molar-refractivity contribution in [1.82, 2.24) is 10.6 Å². The minimum atomic E-state index is -0.640. The van der Waals surface area contributed by atoms with Gasteiger partial charge in [-0.25, -0.2) is 0 Å². The number of anilines is 1. The summed E-state index contributed by atoms with van der Waals surface area (Å²) in [5.74, 6) is 1.54. The first kappa shape index (κ1) is 33.0. The molecule has 1 aliphatic heterocycles. The molecule has 236 valence electrons. The fraction of sp³-hybridized carbons (Fsp3) is 0.429. The molecule has 1 saturated heterocycles. The Labute approximate surface area is 260 Å². The Balaban J connectivity index is 1.23. The van der Waals surface area contributed by atoms with E-state index < -0.39 is 6.10 Å². The van der Waals surface area contributed by atoms with Gasteiger partial charge in [0.2, 0.25) is 5.91 Å². The first-order valence-corrected chi connectivity index (χ1v) is 15.4. The van der Waals surface area contributed by atoms with Gasteiger partial charge in [0, 0.05) is 43.6 Å². The molecular weight excluding hydrogens is 558 g/mol. The highest BCUT2D eigenvalue weighted by molar-refractivity contribution is 5.94. The summed E-state index contributed by atoms with van der Waals surface area (Å²) < 4.78 is 23.5. The maximum absolute atomic E-state index is 13.1. The molecule has 4 rings (SSSR count). The standard InChI is InChI=1S/C35H45N3O6/c1-25(35(40)38-32-11-6-4-9-28(32)17-20-37-26(2)39)44-34-23-36-19-18-31(34)27-13-15-30(16-14-27)43-22-8-21-42-24-29-10-5-7-12-33(29)41-3/h4-7,9-16,25,31,34,36H,8,17-24H2,1-3H3,(H,37,39)(H,38,40)/t25?,31?,34-/m0/s1. The third-order valence-corrected chi connectivity index (χ3v) is 7.68. The summed E-state index contributed by atoms with van der Waals surface area (Å²) in [6.45, 7) is 7.01. The molecular formula is C35H45N3O6. The molecule has 3 aromatic carbocycles. The average molecular weight is 604 g/mol. The maximum Gasteiger partial charge on any atom is 0.253 e. The van der Waals surface area contributed by atoms with Gasteiger partial charge in [0.1, 0.15) is 17.6 Å². The summed E-state index contributed by atoms with van der Waals surface area (Å²) in [4.78, 5) is 24.4. The van der Waals surface area contributed by atoms with Crippen molar-refractivity contribution in [3.05, 3.63) is 89.5 Å². The number of rotatable bonds is 16. The Morgan fingerprint density at radius 3 is 2.50 bits per heavy atom. The predicted octanol–water partition coefficient (Wildman–Crippen LogP) is 4.85. The lowest BCUT2D eigenvalue weighted by Gasteiger charge is -2.34. The van der Waals surface area contributed by atoms with Crippen molar-refractivity contribution >= 4 is 17.5 Å². The lowest BCUT2D eigenvalue weighted by Crippen LogP contribution is -2.44. The van der Waals surface area contributed by atoms with Gasteiger partial charge < -0.3 is 34.9 Å². The topological polar surface area (TPSA) is 107 Å². The zero-order chi connectivity index (χ0) is 31.1. The lowest BCUT2D eigenvalue weighted by atomic mass is 9.87. The van der Waals surface area contributed by atoms with Crippen LogP contribution in [0.4, 0.5) is 5.69 Å². The van der Waals surface area contributed by atoms with Crippen molar-refractivity contribution in [3.8, 4) is 11.5 Å². The fourth-order valence-electron chi connectivity index (χ4n) is 5.31. The second-order valence-electron chi connectivity index (χ2n) is 10.9. The number of carbonyl (C=O) groups is 2. The highest BCUT2D eigenvalue weighted by Crippen LogP contribution is 2.30. The van der Waals surface area contributed by atoms with E-state index in [4.69, 9.17) is 18.9 Å². The smallest absolute Gasteiger partial charge is 0.253 e. The molecule has 0 bridgehead atoms. The van der Waals surface area contributed by atoms with Gasteiger partial charge in [-0.15, -0.1) is 0 Å². The molecule has 1 fully saturated rings. The molecule has 44 heavy (non-hydrogen) atoms. The first-order chi connectivity index (χ1) is 21.4. The molecule has 0 aliphatic carbocycles. The van der Waals surface area contributed by atoms with Gasteiger partial charge in [-0.2, -0.15) is 0 Å². The van der Waals surface area contributed by atoms with Crippen molar-refractivity contribution in [1.29, 1.82) is 0 Å². The van der Waals surface area contributed by atoms with Crippen molar-refractivity contribution in [2.45, 2.75) is 57.8 Å². The molecule has 1 aliphatic rings. The Morgan fingerprint density at radius 1 is 0.977 bits per heavy atom. The second kappa shape index (κ2) is 17.4. The molecule has 3 aromatic rings. The van der Waals surface area contributed by atoms with Crippen LogP contribution in [-0.4, -0.2) is 64.0 Å². The van der Waals surface area contributed by atoms with Gasteiger partial charge in [-0.05, 0) is 61.7 Å². The van der Waals surface area contributed by atoms with Crippen molar-refractivity contribution in [2.24, 2.45) is 0 Å². The third kappa shape index (κ3) is 10.1. The SMILES string of the molecule is COc1ccccc1COCCCOc1ccc(C2CCNC[C@@H]2OC(C)C(=O)Nc2ccccc2CCNC(C)=O)cc1. The van der Waals surface area contributed by atoms with E-state index in [1.165, 1.54) is 12.5 Å². The highest BCUT2D eigenvalue weighted by atomic mass is 16.5. The molecule has 9 nitrogen and oxygen atoms in total. The van der Waals surface area contributed by atoms with Crippen LogP contribution in [0.2, 0.25) is 0 Å². The number of ether oxygens (including phenoxy) is 4. The molecule has 1 heterocycles. The van der Waals surface area contributed by atoms with Crippen LogP contribution in [0.5, 0.6) is 11.5 Å². The van der Waals surface area contributed by atoms with Crippen molar-refractivity contribution in [3.63, 3.8) is 0 Å². The van der Waals surface area contributed by atoms with Gasteiger partial charge in [0.15, 0.2) is 0 Å². The summed E-state index contributed by atoms with van der Waals surface area (Å²) in [6.07, 6.45) is 1.53. The molecule has 0 spiro atoms. The molecule has 0 aromatic heterocycles. The number of nitrogens with one attached hydrogen (secondary N) is 3. The van der Waals surface area contributed by atoms with E-state index in [2.05, 4.69) is 28.1 Å². The summed E-state index contributed by atoms with van der Waals surface area (Å²) >= 11 is 0. The van der Waals surface area contributed by atoms with Crippen LogP contribution in [0.3, 0.4) is 0 Å². The summed E-state index contributed by atoms with van der Waals surface area (Å²) in [7, 11) is 1.66. The van der Waals surface area contributed by atoms with Crippen LogP contribution < -0.4 is 25.4 Å². The highest BCUT2D eigenvalue weighted by Gasteiger charge is 2.30. The zero-order valence-electron chi connectivity index (χ0n) is 26.0. The van der Waals surface area contributed by atoms with Gasteiger partial charge in [-0.1, -0.05) is 48.5 Å². The van der Waals surface area contributed by atoms with E-state index in [0.717, 1.165) is 47.7 Å². The summed E-state index contributed by atoms with van der Waals surface area (Å²) in [5, 5.41) is 9.23. The van der Waals surface area contributed by atoms with Crippen LogP contribution in [0, 0.1) is 0 Å². The Hall–Kier alpha value is -3.92. The van der Waals surface area contributed by atoms with Crippen molar-refractivity contribution < 1.29 is 28.5 Å². The Kier molecular flexibility index (Phi) is 13.0. The maximum atomic E-state index is 13.1.